The number of urea groups is 1. The smallest absolute Gasteiger partial charge is 0.423 e. The molecule has 0 saturated carbocycles. The molecule has 2 amide bonds. The third-order valence-electron chi connectivity index (χ3n) is 4.99. The summed E-state index contributed by atoms with van der Waals surface area (Å²) in [5.41, 5.74) is 2.77. The zero-order chi connectivity index (χ0) is 25.8. The Balaban J connectivity index is 1.23. The number of aromatic nitrogens is 5. The van der Waals surface area contributed by atoms with Crippen LogP contribution in [0.1, 0.15) is 0 Å². The van der Waals surface area contributed by atoms with E-state index in [1.54, 1.807) is 48.5 Å². The summed E-state index contributed by atoms with van der Waals surface area (Å²) in [5.74, 6) is 0.333. The number of nitrogens with one attached hydrogen (secondary N) is 2. The van der Waals surface area contributed by atoms with Crippen molar-refractivity contribution in [3.05, 3.63) is 85.5 Å². The van der Waals surface area contributed by atoms with Gasteiger partial charge in [-0.2, -0.15) is 0 Å². The largest absolute Gasteiger partial charge is 0.573 e. The van der Waals surface area contributed by atoms with Gasteiger partial charge in [-0.15, -0.1) is 28.5 Å². The van der Waals surface area contributed by atoms with E-state index in [9.17, 15) is 18.0 Å². The lowest BCUT2D eigenvalue weighted by atomic mass is 10.2. The first-order valence-electron chi connectivity index (χ1n) is 10.7. The average Bonchev–Trinajstić information content (AvgIpc) is 3.57. The van der Waals surface area contributed by atoms with Gasteiger partial charge in [-0.25, -0.2) is 14.5 Å². The second-order valence-electron chi connectivity index (χ2n) is 7.50. The maximum Gasteiger partial charge on any atom is 0.573 e. The van der Waals surface area contributed by atoms with Crippen LogP contribution >= 0.6 is 0 Å². The number of halogens is 3. The van der Waals surface area contributed by atoms with Gasteiger partial charge in [-0.3, -0.25) is 0 Å². The highest BCUT2D eigenvalue weighted by Gasteiger charge is 2.31. The van der Waals surface area contributed by atoms with Gasteiger partial charge in [0.05, 0.1) is 16.9 Å². The Morgan fingerprint density at radius 2 is 1.70 bits per heavy atom. The van der Waals surface area contributed by atoms with E-state index in [-0.39, 0.29) is 11.6 Å². The molecule has 37 heavy (non-hydrogen) atoms. The van der Waals surface area contributed by atoms with Crippen molar-refractivity contribution in [1.29, 1.82) is 0 Å². The van der Waals surface area contributed by atoms with Gasteiger partial charge in [0.2, 0.25) is 12.3 Å². The maximum absolute atomic E-state index is 12.5. The highest BCUT2D eigenvalue weighted by Crippen LogP contribution is 2.27. The number of alkyl halides is 3. The lowest BCUT2D eigenvalue weighted by molar-refractivity contribution is -0.274. The zero-order valence-corrected chi connectivity index (χ0v) is 18.7. The topological polar surface area (TPSA) is 120 Å². The molecule has 186 valence electrons. The molecule has 2 heterocycles. The van der Waals surface area contributed by atoms with Crippen LogP contribution in [0.5, 0.6) is 5.75 Å². The Morgan fingerprint density at radius 3 is 2.41 bits per heavy atom. The van der Waals surface area contributed by atoms with Crippen molar-refractivity contribution >= 4 is 17.4 Å². The zero-order valence-electron chi connectivity index (χ0n) is 18.7. The van der Waals surface area contributed by atoms with Crippen LogP contribution in [-0.2, 0) is 0 Å². The molecule has 0 spiro atoms. The second kappa shape index (κ2) is 9.81. The summed E-state index contributed by atoms with van der Waals surface area (Å²) in [7, 11) is 0. The van der Waals surface area contributed by atoms with Gasteiger partial charge < -0.3 is 19.8 Å². The summed E-state index contributed by atoms with van der Waals surface area (Å²) in [5, 5.41) is 17.4. The fourth-order valence-electron chi connectivity index (χ4n) is 3.38. The summed E-state index contributed by atoms with van der Waals surface area (Å²) in [6.45, 7) is 0. The molecule has 0 radical (unpaired) electrons. The summed E-state index contributed by atoms with van der Waals surface area (Å²) < 4.78 is 47.5. The van der Waals surface area contributed by atoms with Crippen LogP contribution in [0.15, 0.2) is 89.9 Å². The minimum absolute atomic E-state index is 0.276. The highest BCUT2D eigenvalue weighted by molar-refractivity contribution is 6.02. The van der Waals surface area contributed by atoms with Crippen LogP contribution in [-0.4, -0.2) is 37.4 Å². The van der Waals surface area contributed by atoms with E-state index < -0.39 is 12.4 Å². The number of hydrogen-bond acceptors (Lipinski definition) is 7. The molecular weight excluding hydrogens is 491 g/mol. The van der Waals surface area contributed by atoms with E-state index >= 15 is 0 Å². The van der Waals surface area contributed by atoms with E-state index in [2.05, 4.69) is 35.7 Å². The molecule has 0 saturated heterocycles. The molecular formula is C24H16F3N7O3. The molecule has 2 N–H and O–H groups in total. The Bertz CT molecular complexity index is 1500. The number of anilines is 2. The molecule has 10 nitrogen and oxygen atoms in total. The van der Waals surface area contributed by atoms with Crippen molar-refractivity contribution in [2.24, 2.45) is 0 Å². The Hall–Kier alpha value is -5.20. The van der Waals surface area contributed by atoms with Crippen molar-refractivity contribution in [2.75, 3.05) is 10.6 Å². The SMILES string of the molecule is O=C(Nc1ccc(-c2ncn(-c3ccc(OC(F)(F)F)cc3)n2)cc1)Nc1ccccc1-c1nnco1. The molecule has 5 rings (SSSR count). The van der Waals surface area contributed by atoms with Crippen molar-refractivity contribution in [1.82, 2.24) is 25.0 Å². The number of benzene rings is 3. The van der Waals surface area contributed by atoms with Crippen molar-refractivity contribution in [3.8, 4) is 34.3 Å². The van der Waals surface area contributed by atoms with Crippen molar-refractivity contribution in [3.63, 3.8) is 0 Å². The number of nitrogens with zero attached hydrogens (tertiary/aromatic N) is 5. The lowest BCUT2D eigenvalue weighted by Gasteiger charge is -2.10. The molecule has 0 aliphatic heterocycles. The van der Waals surface area contributed by atoms with Gasteiger partial charge >= 0.3 is 12.4 Å². The predicted octanol–water partition coefficient (Wildman–Crippen LogP) is 5.53. The van der Waals surface area contributed by atoms with E-state index in [0.717, 1.165) is 0 Å². The molecule has 0 aliphatic rings. The molecule has 0 unspecified atom stereocenters. The molecule has 3 aromatic carbocycles. The van der Waals surface area contributed by atoms with Gasteiger partial charge in [-0.1, -0.05) is 12.1 Å². The van der Waals surface area contributed by atoms with Crippen LogP contribution in [0.3, 0.4) is 0 Å². The average molecular weight is 507 g/mol. The number of carbonyl (C=O) groups is 1. The molecule has 0 atom stereocenters. The third kappa shape index (κ3) is 5.73. The Morgan fingerprint density at radius 1 is 0.946 bits per heavy atom. The van der Waals surface area contributed by atoms with Crippen molar-refractivity contribution in [2.45, 2.75) is 6.36 Å². The van der Waals surface area contributed by atoms with Crippen LogP contribution in [0.2, 0.25) is 0 Å². The minimum Gasteiger partial charge on any atom is -0.423 e. The first kappa shape index (κ1) is 23.5. The number of amides is 2. The van der Waals surface area contributed by atoms with Gasteiger partial charge in [0.25, 0.3) is 0 Å². The normalized spacial score (nSPS) is 11.2. The number of ether oxygens (including phenoxy) is 1. The van der Waals surface area contributed by atoms with Gasteiger partial charge in [0.15, 0.2) is 5.82 Å². The van der Waals surface area contributed by atoms with E-state index in [0.29, 0.717) is 34.0 Å². The lowest BCUT2D eigenvalue weighted by Crippen LogP contribution is -2.19. The number of hydrogen-bond donors (Lipinski definition) is 2. The molecule has 0 fully saturated rings. The molecule has 5 aromatic rings. The van der Waals surface area contributed by atoms with Gasteiger partial charge in [-0.05, 0) is 60.7 Å². The summed E-state index contributed by atoms with van der Waals surface area (Å²) in [4.78, 5) is 16.8. The highest BCUT2D eigenvalue weighted by atomic mass is 19.4. The fraction of sp³-hybridized carbons (Fsp3) is 0.0417. The molecule has 2 aromatic heterocycles. The predicted molar refractivity (Wildman–Crippen MR) is 126 cm³/mol. The van der Waals surface area contributed by atoms with Crippen LogP contribution in [0.25, 0.3) is 28.5 Å². The summed E-state index contributed by atoms with van der Waals surface area (Å²) in [6, 6.07) is 18.6. The maximum atomic E-state index is 12.5. The van der Waals surface area contributed by atoms with Crippen LogP contribution in [0, 0.1) is 0 Å². The Kier molecular flexibility index (Phi) is 6.24. The number of rotatable bonds is 6. The quantitative estimate of drug-likeness (QED) is 0.310. The van der Waals surface area contributed by atoms with E-state index in [4.69, 9.17) is 4.42 Å². The third-order valence-corrected chi connectivity index (χ3v) is 4.99. The first-order valence-corrected chi connectivity index (χ1v) is 10.7. The van der Waals surface area contributed by atoms with Crippen LogP contribution in [0.4, 0.5) is 29.3 Å². The molecule has 13 heteroatoms. The first-order chi connectivity index (χ1) is 17.8. The molecule has 0 bridgehead atoms. The summed E-state index contributed by atoms with van der Waals surface area (Å²) >= 11 is 0. The van der Waals surface area contributed by atoms with Crippen molar-refractivity contribution < 1.29 is 27.1 Å². The standard InChI is InChI=1S/C24H16F3N7O3/c25-24(26,27)37-18-11-9-17(10-12-18)34-13-28-21(33-34)15-5-7-16(8-6-15)30-23(35)31-20-4-2-1-3-19(20)22-32-29-14-36-22/h1-14H,(H2,30,31,35). The number of para-hydroxylation sites is 1. The Labute approximate surface area is 206 Å². The van der Waals surface area contributed by atoms with E-state index in [1.165, 1.54) is 41.7 Å². The van der Waals surface area contributed by atoms with Gasteiger partial charge in [0.1, 0.15) is 12.1 Å². The van der Waals surface area contributed by atoms with Crippen LogP contribution < -0.4 is 15.4 Å². The molecule has 0 aliphatic carbocycles. The van der Waals surface area contributed by atoms with E-state index in [1.807, 2.05) is 0 Å². The van der Waals surface area contributed by atoms with Gasteiger partial charge in [0, 0.05) is 11.3 Å². The minimum atomic E-state index is -4.76. The summed E-state index contributed by atoms with van der Waals surface area (Å²) in [6.07, 6.45) is -2.12. The fourth-order valence-corrected chi connectivity index (χ4v) is 3.38. The second-order valence-corrected chi connectivity index (χ2v) is 7.50. The number of carbonyl (C=O) groups excluding carboxylic acids is 1. The monoisotopic (exact) mass is 507 g/mol.